The van der Waals surface area contributed by atoms with Gasteiger partial charge in [-0.05, 0) is 49.6 Å². The highest BCUT2D eigenvalue weighted by Crippen LogP contribution is 2.33. The van der Waals surface area contributed by atoms with Gasteiger partial charge in [0.2, 0.25) is 5.91 Å². The van der Waals surface area contributed by atoms with Crippen LogP contribution in [0.2, 0.25) is 0 Å². The third-order valence-electron chi connectivity index (χ3n) is 5.03. The van der Waals surface area contributed by atoms with Crippen LogP contribution in [0.4, 0.5) is 23.7 Å². The standard InChI is InChI=1S/C21H21F3N2O3/c1-20(18(27)25-17-10-8-16(9-11-17)21(22,23)24)12-5-13-26(20)19(28)29-14-15-6-3-2-4-7-15/h2-4,6-11H,5,12-14H2,1H3,(H,25,27). The second-order valence-corrected chi connectivity index (χ2v) is 7.10. The van der Waals surface area contributed by atoms with Gasteiger partial charge in [0.15, 0.2) is 0 Å². The zero-order chi connectivity index (χ0) is 21.1. The number of nitrogens with one attached hydrogen (secondary N) is 1. The summed E-state index contributed by atoms with van der Waals surface area (Å²) in [5.41, 5.74) is -0.880. The fraction of sp³-hybridized carbons (Fsp3) is 0.333. The van der Waals surface area contributed by atoms with Gasteiger partial charge in [-0.3, -0.25) is 9.69 Å². The van der Waals surface area contributed by atoms with Crippen LogP contribution < -0.4 is 5.32 Å². The summed E-state index contributed by atoms with van der Waals surface area (Å²) in [7, 11) is 0. The molecule has 8 heteroatoms. The van der Waals surface area contributed by atoms with Crippen molar-refractivity contribution in [1.82, 2.24) is 4.90 Å². The highest BCUT2D eigenvalue weighted by molar-refractivity contribution is 6.00. The van der Waals surface area contributed by atoms with Gasteiger partial charge in [-0.2, -0.15) is 13.2 Å². The summed E-state index contributed by atoms with van der Waals surface area (Å²) < 4.78 is 43.4. The molecule has 2 aromatic carbocycles. The molecule has 5 nitrogen and oxygen atoms in total. The molecule has 1 N–H and O–H groups in total. The third-order valence-corrected chi connectivity index (χ3v) is 5.03. The Hall–Kier alpha value is -3.03. The summed E-state index contributed by atoms with van der Waals surface area (Å²) in [5.74, 6) is -0.466. The SMILES string of the molecule is CC1(C(=O)Nc2ccc(C(F)(F)F)cc2)CCCN1C(=O)OCc1ccccc1. The van der Waals surface area contributed by atoms with Crippen LogP contribution in [0.15, 0.2) is 54.6 Å². The van der Waals surface area contributed by atoms with Gasteiger partial charge in [-0.15, -0.1) is 0 Å². The van der Waals surface area contributed by atoms with Crippen LogP contribution in [0, 0.1) is 0 Å². The number of rotatable bonds is 4. The summed E-state index contributed by atoms with van der Waals surface area (Å²) in [6.07, 6.45) is -3.99. The van der Waals surface area contributed by atoms with E-state index in [0.717, 1.165) is 17.7 Å². The van der Waals surface area contributed by atoms with Crippen LogP contribution in [0.25, 0.3) is 0 Å². The Kier molecular flexibility index (Phi) is 5.81. The van der Waals surface area contributed by atoms with E-state index in [9.17, 15) is 22.8 Å². The number of amides is 2. The number of anilines is 1. The fourth-order valence-electron chi connectivity index (χ4n) is 3.30. The summed E-state index contributed by atoms with van der Waals surface area (Å²) in [6.45, 7) is 2.08. The third kappa shape index (κ3) is 4.70. The lowest BCUT2D eigenvalue weighted by Gasteiger charge is -2.33. The lowest BCUT2D eigenvalue weighted by Crippen LogP contribution is -2.53. The van der Waals surface area contributed by atoms with E-state index in [1.54, 1.807) is 6.92 Å². The zero-order valence-electron chi connectivity index (χ0n) is 15.8. The molecule has 0 spiro atoms. The zero-order valence-corrected chi connectivity index (χ0v) is 15.8. The second kappa shape index (κ2) is 8.14. The normalized spacial score (nSPS) is 19.1. The molecule has 2 amide bonds. The highest BCUT2D eigenvalue weighted by Gasteiger charge is 2.46. The van der Waals surface area contributed by atoms with E-state index in [2.05, 4.69) is 5.32 Å². The van der Waals surface area contributed by atoms with Gasteiger partial charge in [0.05, 0.1) is 5.56 Å². The molecule has 29 heavy (non-hydrogen) atoms. The number of carbonyl (C=O) groups is 2. The van der Waals surface area contributed by atoms with Crippen molar-refractivity contribution in [1.29, 1.82) is 0 Å². The number of alkyl halides is 3. The largest absolute Gasteiger partial charge is 0.445 e. The molecule has 3 rings (SSSR count). The number of benzene rings is 2. The maximum absolute atomic E-state index is 12.8. The van der Waals surface area contributed by atoms with E-state index < -0.39 is 29.3 Å². The number of ether oxygens (including phenoxy) is 1. The predicted octanol–water partition coefficient (Wildman–Crippen LogP) is 4.84. The number of halogens is 3. The van der Waals surface area contributed by atoms with Crippen LogP contribution in [0.3, 0.4) is 0 Å². The first-order valence-electron chi connectivity index (χ1n) is 9.17. The molecule has 1 heterocycles. The summed E-state index contributed by atoms with van der Waals surface area (Å²) >= 11 is 0. The molecule has 1 aliphatic rings. The van der Waals surface area contributed by atoms with E-state index in [0.29, 0.717) is 19.4 Å². The molecule has 0 saturated carbocycles. The van der Waals surface area contributed by atoms with Gasteiger partial charge in [0, 0.05) is 12.2 Å². The average molecular weight is 406 g/mol. The van der Waals surface area contributed by atoms with Crippen molar-refractivity contribution in [2.75, 3.05) is 11.9 Å². The molecular formula is C21H21F3N2O3. The lowest BCUT2D eigenvalue weighted by atomic mass is 9.97. The Morgan fingerprint density at radius 1 is 1.10 bits per heavy atom. The molecule has 154 valence electrons. The number of likely N-dealkylation sites (tertiary alicyclic amines) is 1. The van der Waals surface area contributed by atoms with Crippen molar-refractivity contribution < 1.29 is 27.5 Å². The Morgan fingerprint density at radius 2 is 1.76 bits per heavy atom. The van der Waals surface area contributed by atoms with Gasteiger partial charge in [0.1, 0.15) is 12.1 Å². The van der Waals surface area contributed by atoms with Crippen molar-refractivity contribution >= 4 is 17.7 Å². The molecule has 1 unspecified atom stereocenters. The molecule has 1 aliphatic heterocycles. The van der Waals surface area contributed by atoms with Crippen LogP contribution >= 0.6 is 0 Å². The predicted molar refractivity (Wildman–Crippen MR) is 101 cm³/mol. The van der Waals surface area contributed by atoms with E-state index in [-0.39, 0.29) is 12.3 Å². The first kappa shape index (κ1) is 20.7. The van der Waals surface area contributed by atoms with Gasteiger partial charge < -0.3 is 10.1 Å². The van der Waals surface area contributed by atoms with Crippen LogP contribution in [-0.2, 0) is 22.3 Å². The number of hydrogen-bond donors (Lipinski definition) is 1. The smallest absolute Gasteiger partial charge is 0.416 e. The molecule has 0 radical (unpaired) electrons. The Balaban J connectivity index is 1.65. The van der Waals surface area contributed by atoms with Crippen molar-refractivity contribution in [3.8, 4) is 0 Å². The van der Waals surface area contributed by atoms with E-state index >= 15 is 0 Å². The van der Waals surface area contributed by atoms with Crippen molar-refractivity contribution in [3.05, 3.63) is 65.7 Å². The lowest BCUT2D eigenvalue weighted by molar-refractivity contribution is -0.137. The number of carbonyl (C=O) groups excluding carboxylic acids is 2. The van der Waals surface area contributed by atoms with Gasteiger partial charge in [-0.25, -0.2) is 4.79 Å². The maximum Gasteiger partial charge on any atom is 0.416 e. The summed E-state index contributed by atoms with van der Waals surface area (Å²) in [4.78, 5) is 26.7. The second-order valence-electron chi connectivity index (χ2n) is 7.10. The Morgan fingerprint density at radius 3 is 2.38 bits per heavy atom. The molecule has 2 aromatic rings. The monoisotopic (exact) mass is 406 g/mol. The number of hydrogen-bond acceptors (Lipinski definition) is 3. The minimum absolute atomic E-state index is 0.0901. The minimum atomic E-state index is -4.45. The molecular weight excluding hydrogens is 385 g/mol. The van der Waals surface area contributed by atoms with Gasteiger partial charge in [0.25, 0.3) is 0 Å². The van der Waals surface area contributed by atoms with Gasteiger partial charge in [-0.1, -0.05) is 30.3 Å². The van der Waals surface area contributed by atoms with E-state index in [1.165, 1.54) is 17.0 Å². The van der Waals surface area contributed by atoms with Crippen molar-refractivity contribution in [2.45, 2.75) is 38.1 Å². The Labute approximate surface area is 166 Å². The summed E-state index contributed by atoms with van der Waals surface area (Å²) in [5, 5.41) is 2.61. The Bertz CT molecular complexity index is 869. The molecule has 0 aliphatic carbocycles. The minimum Gasteiger partial charge on any atom is -0.445 e. The molecule has 0 aromatic heterocycles. The van der Waals surface area contributed by atoms with Crippen molar-refractivity contribution in [2.24, 2.45) is 0 Å². The molecule has 1 atom stereocenters. The summed E-state index contributed by atoms with van der Waals surface area (Å²) in [6, 6.07) is 13.4. The quantitative estimate of drug-likeness (QED) is 0.791. The van der Waals surface area contributed by atoms with Crippen LogP contribution in [-0.4, -0.2) is 29.0 Å². The average Bonchev–Trinajstić information content (AvgIpc) is 3.10. The van der Waals surface area contributed by atoms with Crippen LogP contribution in [0.5, 0.6) is 0 Å². The first-order valence-corrected chi connectivity index (χ1v) is 9.17. The molecule has 1 saturated heterocycles. The first-order chi connectivity index (χ1) is 13.7. The molecule has 1 fully saturated rings. The maximum atomic E-state index is 12.8. The van der Waals surface area contributed by atoms with E-state index in [4.69, 9.17) is 4.74 Å². The number of nitrogens with zero attached hydrogens (tertiary/aromatic N) is 1. The highest BCUT2D eigenvalue weighted by atomic mass is 19.4. The van der Waals surface area contributed by atoms with E-state index in [1.807, 2.05) is 30.3 Å². The molecule has 0 bridgehead atoms. The van der Waals surface area contributed by atoms with Crippen LogP contribution in [0.1, 0.15) is 30.9 Å². The van der Waals surface area contributed by atoms with Crippen molar-refractivity contribution in [3.63, 3.8) is 0 Å². The fourth-order valence-corrected chi connectivity index (χ4v) is 3.30. The van der Waals surface area contributed by atoms with Gasteiger partial charge >= 0.3 is 12.3 Å². The topological polar surface area (TPSA) is 58.6 Å².